The van der Waals surface area contributed by atoms with Gasteiger partial charge in [0.15, 0.2) is 11.5 Å². The number of hydrogen-bond donors (Lipinski definition) is 0. The molecule has 1 aromatic heterocycles. The van der Waals surface area contributed by atoms with Gasteiger partial charge in [0.1, 0.15) is 18.5 Å². The summed E-state index contributed by atoms with van der Waals surface area (Å²) in [6, 6.07) is 18.6. The highest BCUT2D eigenvalue weighted by Crippen LogP contribution is 2.42. The van der Waals surface area contributed by atoms with E-state index in [1.54, 1.807) is 23.5 Å². The first kappa shape index (κ1) is 23.0. The molecular weight excluding hydrogens is 477 g/mol. The third-order valence-electron chi connectivity index (χ3n) is 6.70. The molecule has 2 aliphatic heterocycles. The van der Waals surface area contributed by atoms with E-state index in [4.69, 9.17) is 14.2 Å². The molecule has 7 heteroatoms. The summed E-state index contributed by atoms with van der Waals surface area (Å²) >= 11 is 1.71. The number of hydrogen-bond acceptors (Lipinski definition) is 5. The molecule has 0 bridgehead atoms. The summed E-state index contributed by atoms with van der Waals surface area (Å²) < 4.78 is 32.6. The molecular formula is C29H26FNO4S. The third-order valence-corrected chi connectivity index (χ3v) is 7.66. The average molecular weight is 504 g/mol. The molecule has 0 saturated carbocycles. The first-order valence-corrected chi connectivity index (χ1v) is 13.0. The highest BCUT2D eigenvalue weighted by Gasteiger charge is 2.26. The van der Waals surface area contributed by atoms with Crippen LogP contribution in [-0.4, -0.2) is 43.3 Å². The van der Waals surface area contributed by atoms with Crippen LogP contribution in [0.4, 0.5) is 4.39 Å². The van der Waals surface area contributed by atoms with Crippen molar-refractivity contribution in [3.05, 3.63) is 83.0 Å². The lowest BCUT2D eigenvalue weighted by Crippen LogP contribution is -2.33. The molecule has 0 unspecified atom stereocenters. The van der Waals surface area contributed by atoms with Crippen molar-refractivity contribution in [3.63, 3.8) is 0 Å². The SMILES string of the molecule is O=C(Cc1ccc(F)cc1)N1CCOc2c(cc(-c3csc4ccccc34)cc2O[C@@H]2CCOC2)C1. The second-order valence-corrected chi connectivity index (χ2v) is 10.1. The first-order chi connectivity index (χ1) is 17.6. The Kier molecular flexibility index (Phi) is 6.34. The van der Waals surface area contributed by atoms with E-state index in [0.29, 0.717) is 44.4 Å². The molecule has 3 aromatic carbocycles. The first-order valence-electron chi connectivity index (χ1n) is 12.2. The second kappa shape index (κ2) is 9.91. The zero-order chi connectivity index (χ0) is 24.5. The lowest BCUT2D eigenvalue weighted by Gasteiger charge is -2.21. The Balaban J connectivity index is 1.35. The zero-order valence-electron chi connectivity index (χ0n) is 19.7. The predicted molar refractivity (Wildman–Crippen MR) is 138 cm³/mol. The van der Waals surface area contributed by atoms with Gasteiger partial charge in [-0.3, -0.25) is 4.79 Å². The van der Waals surface area contributed by atoms with Crippen LogP contribution in [0.1, 0.15) is 17.5 Å². The topological polar surface area (TPSA) is 48.0 Å². The number of rotatable bonds is 5. The summed E-state index contributed by atoms with van der Waals surface area (Å²) in [5, 5.41) is 3.36. The number of amides is 1. The third kappa shape index (κ3) is 4.68. The van der Waals surface area contributed by atoms with Crippen LogP contribution in [0.5, 0.6) is 11.5 Å². The van der Waals surface area contributed by atoms with Crippen LogP contribution in [0.15, 0.2) is 66.0 Å². The van der Waals surface area contributed by atoms with Gasteiger partial charge in [0.25, 0.3) is 0 Å². The smallest absolute Gasteiger partial charge is 0.227 e. The molecule has 0 N–H and O–H groups in total. The second-order valence-electron chi connectivity index (χ2n) is 9.18. The fourth-order valence-corrected chi connectivity index (χ4v) is 5.79. The number of halogens is 1. The van der Waals surface area contributed by atoms with Crippen LogP contribution >= 0.6 is 11.3 Å². The number of ether oxygens (including phenoxy) is 3. The number of carbonyl (C=O) groups is 1. The van der Waals surface area contributed by atoms with Gasteiger partial charge in [-0.2, -0.15) is 0 Å². The number of fused-ring (bicyclic) bond motifs is 2. The largest absolute Gasteiger partial charge is 0.487 e. The summed E-state index contributed by atoms with van der Waals surface area (Å²) in [4.78, 5) is 15.0. The molecule has 1 saturated heterocycles. The lowest BCUT2D eigenvalue weighted by atomic mass is 10.0. The van der Waals surface area contributed by atoms with E-state index in [-0.39, 0.29) is 24.2 Å². The molecule has 2 aliphatic rings. The van der Waals surface area contributed by atoms with Crippen LogP contribution in [0.2, 0.25) is 0 Å². The van der Waals surface area contributed by atoms with Crippen LogP contribution in [0.25, 0.3) is 21.2 Å². The monoisotopic (exact) mass is 503 g/mol. The standard InChI is InChI=1S/C29H26FNO4S/c30-22-7-5-19(6-8-22)13-28(32)31-10-12-34-29-21(16-31)14-20(15-26(29)35-23-9-11-33-17-23)25-18-36-27-4-2-1-3-24(25)27/h1-8,14-15,18,23H,9-13,16-17H2/t23-/m1/s1. The Hall–Kier alpha value is -3.42. The van der Waals surface area contributed by atoms with Crippen molar-refractivity contribution in [1.82, 2.24) is 4.90 Å². The number of thiophene rings is 1. The Morgan fingerprint density at radius 1 is 1.11 bits per heavy atom. The van der Waals surface area contributed by atoms with Gasteiger partial charge in [-0.25, -0.2) is 4.39 Å². The Morgan fingerprint density at radius 2 is 1.97 bits per heavy atom. The molecule has 0 aliphatic carbocycles. The molecule has 6 rings (SSSR count). The lowest BCUT2D eigenvalue weighted by molar-refractivity contribution is -0.131. The Labute approximate surface area is 213 Å². The van der Waals surface area contributed by atoms with Gasteiger partial charge in [0.2, 0.25) is 5.91 Å². The van der Waals surface area contributed by atoms with Crippen molar-refractivity contribution < 1.29 is 23.4 Å². The molecule has 1 atom stereocenters. The minimum Gasteiger partial charge on any atom is -0.487 e. The highest BCUT2D eigenvalue weighted by atomic mass is 32.1. The Morgan fingerprint density at radius 3 is 2.81 bits per heavy atom. The van der Waals surface area contributed by atoms with Gasteiger partial charge >= 0.3 is 0 Å². The van der Waals surface area contributed by atoms with Crippen LogP contribution < -0.4 is 9.47 Å². The molecule has 0 radical (unpaired) electrons. The molecule has 184 valence electrons. The molecule has 1 fully saturated rings. The summed E-state index contributed by atoms with van der Waals surface area (Å²) in [5.74, 6) is 1.07. The van der Waals surface area contributed by atoms with Gasteiger partial charge in [-0.05, 0) is 46.8 Å². The van der Waals surface area contributed by atoms with Gasteiger partial charge in [-0.1, -0.05) is 30.3 Å². The van der Waals surface area contributed by atoms with Gasteiger partial charge in [0, 0.05) is 34.2 Å². The number of benzene rings is 3. The molecule has 4 aromatic rings. The Bertz CT molecular complexity index is 1390. The normalized spacial score (nSPS) is 17.5. The van der Waals surface area contributed by atoms with Gasteiger partial charge in [-0.15, -0.1) is 11.3 Å². The summed E-state index contributed by atoms with van der Waals surface area (Å²) in [7, 11) is 0. The van der Waals surface area contributed by atoms with E-state index in [1.165, 1.54) is 22.2 Å². The van der Waals surface area contributed by atoms with E-state index in [1.807, 2.05) is 17.0 Å². The van der Waals surface area contributed by atoms with Crippen LogP contribution in [0, 0.1) is 5.82 Å². The molecule has 3 heterocycles. The van der Waals surface area contributed by atoms with E-state index in [2.05, 4.69) is 29.6 Å². The van der Waals surface area contributed by atoms with Crippen molar-refractivity contribution >= 4 is 27.3 Å². The van der Waals surface area contributed by atoms with Crippen molar-refractivity contribution in [2.45, 2.75) is 25.5 Å². The number of carbonyl (C=O) groups excluding carboxylic acids is 1. The maximum atomic E-state index is 13.3. The maximum absolute atomic E-state index is 13.3. The molecule has 1 amide bonds. The van der Waals surface area contributed by atoms with E-state index >= 15 is 0 Å². The van der Waals surface area contributed by atoms with Crippen LogP contribution in [-0.2, 0) is 22.5 Å². The zero-order valence-corrected chi connectivity index (χ0v) is 20.6. The fraction of sp³-hybridized carbons (Fsp3) is 0.276. The fourth-order valence-electron chi connectivity index (χ4n) is 4.82. The highest BCUT2D eigenvalue weighted by molar-refractivity contribution is 7.17. The minimum absolute atomic E-state index is 0.0175. The van der Waals surface area contributed by atoms with E-state index in [0.717, 1.165) is 28.7 Å². The summed E-state index contributed by atoms with van der Waals surface area (Å²) in [5.41, 5.74) is 3.88. The van der Waals surface area contributed by atoms with E-state index < -0.39 is 0 Å². The van der Waals surface area contributed by atoms with Crippen molar-refractivity contribution in [2.24, 2.45) is 0 Å². The van der Waals surface area contributed by atoms with Gasteiger partial charge < -0.3 is 19.1 Å². The van der Waals surface area contributed by atoms with Crippen LogP contribution in [0.3, 0.4) is 0 Å². The predicted octanol–water partition coefficient (Wildman–Crippen LogP) is 5.84. The quantitative estimate of drug-likeness (QED) is 0.343. The van der Waals surface area contributed by atoms with Crippen molar-refractivity contribution in [2.75, 3.05) is 26.4 Å². The number of nitrogens with zero attached hydrogens (tertiary/aromatic N) is 1. The molecule has 0 spiro atoms. The van der Waals surface area contributed by atoms with Gasteiger partial charge in [0.05, 0.1) is 26.2 Å². The minimum atomic E-state index is -0.308. The summed E-state index contributed by atoms with van der Waals surface area (Å²) in [6.45, 7) is 2.51. The van der Waals surface area contributed by atoms with Crippen molar-refractivity contribution in [1.29, 1.82) is 0 Å². The maximum Gasteiger partial charge on any atom is 0.227 e. The molecule has 36 heavy (non-hydrogen) atoms. The molecule has 5 nitrogen and oxygen atoms in total. The summed E-state index contributed by atoms with van der Waals surface area (Å²) in [6.07, 6.45) is 1.03. The average Bonchev–Trinajstić information content (AvgIpc) is 3.50. The van der Waals surface area contributed by atoms with E-state index in [9.17, 15) is 9.18 Å². The van der Waals surface area contributed by atoms with Crippen molar-refractivity contribution in [3.8, 4) is 22.6 Å².